The Morgan fingerprint density at radius 3 is 2.38 bits per heavy atom. The Kier molecular flexibility index (Phi) is 8.74. The second-order valence-corrected chi connectivity index (χ2v) is 6.69. The van der Waals surface area contributed by atoms with Crippen LogP contribution in [0.25, 0.3) is 0 Å². The van der Waals surface area contributed by atoms with Crippen LogP contribution in [0, 0.1) is 0 Å². The van der Waals surface area contributed by atoms with Crippen LogP contribution in [-0.4, -0.2) is 18.5 Å². The van der Waals surface area contributed by atoms with Crippen LogP contribution in [0.2, 0.25) is 0 Å². The van der Waals surface area contributed by atoms with Gasteiger partial charge >= 0.3 is 0 Å². The third kappa shape index (κ3) is 6.95. The third-order valence-corrected chi connectivity index (χ3v) is 4.44. The molecule has 0 atom stereocenters. The molecule has 1 aromatic rings. The molecule has 0 spiro atoms. The molecule has 0 aliphatic carbocycles. The number of ether oxygens (including phenoxy) is 2. The van der Waals surface area contributed by atoms with Gasteiger partial charge in [0.2, 0.25) is 6.79 Å². The largest absolute Gasteiger partial charge is 0.454 e. The zero-order valence-corrected chi connectivity index (χ0v) is 15.6. The van der Waals surface area contributed by atoms with Crippen LogP contribution in [0.4, 0.5) is 5.69 Å². The summed E-state index contributed by atoms with van der Waals surface area (Å²) in [7, 11) is 0. The lowest BCUT2D eigenvalue weighted by Crippen LogP contribution is -2.29. The lowest BCUT2D eigenvalue weighted by molar-refractivity contribution is 0.174. The highest BCUT2D eigenvalue weighted by molar-refractivity contribution is 7.80. The summed E-state index contributed by atoms with van der Waals surface area (Å²) in [4.78, 5) is 0. The topological polar surface area (TPSA) is 42.5 Å². The minimum atomic E-state index is 0.292. The number of unbranched alkanes of at least 4 members (excludes halogenated alkanes) is 8. The molecule has 134 valence electrons. The van der Waals surface area contributed by atoms with Crippen LogP contribution in [0.1, 0.15) is 64.7 Å². The lowest BCUT2D eigenvalue weighted by Gasteiger charge is -2.11. The van der Waals surface area contributed by atoms with E-state index >= 15 is 0 Å². The molecule has 4 nitrogen and oxygen atoms in total. The maximum absolute atomic E-state index is 5.36. The average molecular weight is 351 g/mol. The molecule has 0 radical (unpaired) electrons. The van der Waals surface area contributed by atoms with E-state index in [4.69, 9.17) is 21.7 Å². The summed E-state index contributed by atoms with van der Waals surface area (Å²) < 4.78 is 10.7. The highest BCUT2D eigenvalue weighted by atomic mass is 32.1. The molecule has 0 unspecified atom stereocenters. The molecular weight excluding hydrogens is 320 g/mol. The Morgan fingerprint density at radius 2 is 1.62 bits per heavy atom. The summed E-state index contributed by atoms with van der Waals surface area (Å²) in [6.07, 6.45) is 12.0. The SMILES string of the molecule is CCCCCCCCCCCNC(=S)Nc1ccc2c(c1)OCO2. The zero-order chi connectivity index (χ0) is 17.0. The summed E-state index contributed by atoms with van der Waals surface area (Å²) in [5, 5.41) is 7.11. The number of anilines is 1. The first kappa shape index (κ1) is 18.8. The maximum Gasteiger partial charge on any atom is 0.231 e. The number of hydrogen-bond acceptors (Lipinski definition) is 3. The average Bonchev–Trinajstić information content (AvgIpc) is 3.04. The number of benzene rings is 1. The highest BCUT2D eigenvalue weighted by Crippen LogP contribution is 2.34. The van der Waals surface area contributed by atoms with Crippen molar-refractivity contribution in [3.8, 4) is 11.5 Å². The van der Waals surface area contributed by atoms with Crippen molar-refractivity contribution in [2.75, 3.05) is 18.7 Å². The molecule has 2 rings (SSSR count). The fourth-order valence-electron chi connectivity index (χ4n) is 2.79. The van der Waals surface area contributed by atoms with Crippen LogP contribution in [-0.2, 0) is 0 Å². The van der Waals surface area contributed by atoms with E-state index in [-0.39, 0.29) is 0 Å². The van der Waals surface area contributed by atoms with Crippen molar-refractivity contribution in [1.82, 2.24) is 5.32 Å². The first-order valence-electron chi connectivity index (χ1n) is 9.24. The van der Waals surface area contributed by atoms with E-state index in [1.54, 1.807) is 0 Å². The summed E-state index contributed by atoms with van der Waals surface area (Å²) in [5.41, 5.74) is 0.920. The van der Waals surface area contributed by atoms with E-state index in [1.807, 2.05) is 18.2 Å². The van der Waals surface area contributed by atoms with Crippen LogP contribution in [0.3, 0.4) is 0 Å². The molecule has 0 fully saturated rings. The maximum atomic E-state index is 5.36. The molecule has 1 heterocycles. The first-order chi connectivity index (χ1) is 11.8. The van der Waals surface area contributed by atoms with Crippen molar-refractivity contribution >= 4 is 23.0 Å². The molecule has 5 heteroatoms. The van der Waals surface area contributed by atoms with Gasteiger partial charge in [0.25, 0.3) is 0 Å². The van der Waals surface area contributed by atoms with Gasteiger partial charge in [-0.15, -0.1) is 0 Å². The summed E-state index contributed by atoms with van der Waals surface area (Å²) in [5.74, 6) is 1.55. The molecule has 2 N–H and O–H groups in total. The van der Waals surface area contributed by atoms with Gasteiger partial charge in [-0.25, -0.2) is 0 Å². The number of hydrogen-bond donors (Lipinski definition) is 2. The number of rotatable bonds is 11. The Balaban J connectivity index is 1.48. The van der Waals surface area contributed by atoms with Crippen molar-refractivity contribution in [2.45, 2.75) is 64.7 Å². The monoisotopic (exact) mass is 350 g/mol. The predicted molar refractivity (Wildman–Crippen MR) is 104 cm³/mol. The molecule has 0 saturated heterocycles. The smallest absolute Gasteiger partial charge is 0.231 e. The van der Waals surface area contributed by atoms with Crippen molar-refractivity contribution in [3.05, 3.63) is 18.2 Å². The van der Waals surface area contributed by atoms with Gasteiger partial charge in [-0.2, -0.15) is 0 Å². The van der Waals surface area contributed by atoms with Crippen molar-refractivity contribution < 1.29 is 9.47 Å². The summed E-state index contributed by atoms with van der Waals surface area (Å²) >= 11 is 5.33. The quantitative estimate of drug-likeness (QED) is 0.422. The first-order valence-corrected chi connectivity index (χ1v) is 9.65. The predicted octanol–water partition coefficient (Wildman–Crippen LogP) is 5.23. The van der Waals surface area contributed by atoms with Gasteiger partial charge in [-0.1, -0.05) is 58.3 Å². The fourth-order valence-corrected chi connectivity index (χ4v) is 3.01. The summed E-state index contributed by atoms with van der Waals surface area (Å²) in [6, 6.07) is 5.75. The van der Waals surface area contributed by atoms with E-state index in [2.05, 4.69) is 17.6 Å². The molecule has 1 aromatic carbocycles. The van der Waals surface area contributed by atoms with E-state index in [0.717, 1.165) is 30.2 Å². The summed E-state index contributed by atoms with van der Waals surface area (Å²) in [6.45, 7) is 3.48. The van der Waals surface area contributed by atoms with E-state index in [9.17, 15) is 0 Å². The van der Waals surface area contributed by atoms with Gasteiger partial charge in [-0.05, 0) is 30.8 Å². The van der Waals surface area contributed by atoms with Gasteiger partial charge in [0, 0.05) is 18.3 Å². The molecule has 0 saturated carbocycles. The second kappa shape index (κ2) is 11.1. The molecule has 1 aliphatic heterocycles. The van der Waals surface area contributed by atoms with Gasteiger partial charge in [-0.3, -0.25) is 0 Å². The lowest BCUT2D eigenvalue weighted by atomic mass is 10.1. The van der Waals surface area contributed by atoms with Crippen LogP contribution >= 0.6 is 12.2 Å². The Hall–Kier alpha value is -1.49. The van der Waals surface area contributed by atoms with E-state index in [1.165, 1.54) is 51.4 Å². The third-order valence-electron chi connectivity index (χ3n) is 4.20. The Labute approximate surface area is 151 Å². The fraction of sp³-hybridized carbons (Fsp3) is 0.632. The van der Waals surface area contributed by atoms with Crippen molar-refractivity contribution in [1.29, 1.82) is 0 Å². The van der Waals surface area contributed by atoms with Crippen molar-refractivity contribution in [3.63, 3.8) is 0 Å². The van der Waals surface area contributed by atoms with Gasteiger partial charge < -0.3 is 20.1 Å². The number of thiocarbonyl (C=S) groups is 1. The van der Waals surface area contributed by atoms with Crippen molar-refractivity contribution in [2.24, 2.45) is 0 Å². The van der Waals surface area contributed by atoms with Gasteiger partial charge in [0.1, 0.15) is 0 Å². The molecule has 0 bridgehead atoms. The minimum Gasteiger partial charge on any atom is -0.454 e. The minimum absolute atomic E-state index is 0.292. The van der Waals surface area contributed by atoms with E-state index < -0.39 is 0 Å². The second-order valence-electron chi connectivity index (χ2n) is 6.28. The molecule has 24 heavy (non-hydrogen) atoms. The van der Waals surface area contributed by atoms with Gasteiger partial charge in [0.15, 0.2) is 16.6 Å². The molecule has 0 amide bonds. The standard InChI is InChI=1S/C19H30N2O2S/c1-2-3-4-5-6-7-8-9-10-13-20-19(24)21-16-11-12-17-18(14-16)23-15-22-17/h11-12,14H,2-10,13,15H2,1H3,(H2,20,21,24). The van der Waals surface area contributed by atoms with Crippen LogP contribution in [0.15, 0.2) is 18.2 Å². The number of nitrogens with one attached hydrogen (secondary N) is 2. The van der Waals surface area contributed by atoms with Gasteiger partial charge in [0.05, 0.1) is 0 Å². The normalized spacial score (nSPS) is 12.2. The Bertz CT molecular complexity index is 508. The number of fused-ring (bicyclic) bond motifs is 1. The zero-order valence-electron chi connectivity index (χ0n) is 14.7. The molecular formula is C19H30N2O2S. The van der Waals surface area contributed by atoms with Crippen LogP contribution in [0.5, 0.6) is 11.5 Å². The highest BCUT2D eigenvalue weighted by Gasteiger charge is 2.13. The van der Waals surface area contributed by atoms with Crippen LogP contribution < -0.4 is 20.1 Å². The molecule has 0 aromatic heterocycles. The van der Waals surface area contributed by atoms with E-state index in [0.29, 0.717) is 11.9 Å². The molecule has 1 aliphatic rings. The Morgan fingerprint density at radius 1 is 0.958 bits per heavy atom.